The van der Waals surface area contributed by atoms with Gasteiger partial charge in [-0.25, -0.2) is 0 Å². The number of furan rings is 1. The van der Waals surface area contributed by atoms with Gasteiger partial charge in [0.15, 0.2) is 11.5 Å². The molecule has 1 atom stereocenters. The zero-order chi connectivity index (χ0) is 18.8. The maximum atomic E-state index is 12.3. The van der Waals surface area contributed by atoms with Crippen LogP contribution in [0.3, 0.4) is 0 Å². The molecule has 2 heterocycles. The fourth-order valence-corrected chi connectivity index (χ4v) is 2.59. The Kier molecular flexibility index (Phi) is 5.28. The molecule has 136 valence electrons. The van der Waals surface area contributed by atoms with Gasteiger partial charge < -0.3 is 19.7 Å². The van der Waals surface area contributed by atoms with Gasteiger partial charge in [-0.2, -0.15) is 0 Å². The molecule has 0 unspecified atom stereocenters. The number of carbonyl (C=O) groups is 2. The van der Waals surface area contributed by atoms with E-state index in [4.69, 9.17) is 4.42 Å². The Balaban J connectivity index is 1.96. The Morgan fingerprint density at radius 1 is 1.36 bits per heavy atom. The van der Waals surface area contributed by atoms with E-state index in [1.807, 2.05) is 0 Å². The number of likely N-dealkylation sites (tertiary alicyclic amines) is 1. The summed E-state index contributed by atoms with van der Waals surface area (Å²) < 4.78 is 5.39. The van der Waals surface area contributed by atoms with Crippen LogP contribution in [0.25, 0.3) is 0 Å². The smallest absolute Gasteiger partial charge is 0.287 e. The first-order valence-corrected chi connectivity index (χ1v) is 8.37. The molecule has 0 saturated carbocycles. The van der Waals surface area contributed by atoms with Crippen molar-refractivity contribution in [2.45, 2.75) is 52.7 Å². The van der Waals surface area contributed by atoms with E-state index in [0.29, 0.717) is 25.3 Å². The van der Waals surface area contributed by atoms with E-state index in [9.17, 15) is 14.7 Å². The molecule has 0 aliphatic carbocycles. The number of rotatable bonds is 3. The molecule has 1 fully saturated rings. The number of hydrogen-bond donors (Lipinski definition) is 2. The normalized spacial score (nSPS) is 18.1. The lowest BCUT2D eigenvalue weighted by Gasteiger charge is -2.26. The Morgan fingerprint density at radius 3 is 2.64 bits per heavy atom. The first-order valence-electron chi connectivity index (χ1n) is 8.37. The number of aliphatic hydroxyl groups is 1. The van der Waals surface area contributed by atoms with E-state index in [1.54, 1.807) is 24.8 Å². The van der Waals surface area contributed by atoms with Crippen molar-refractivity contribution in [1.82, 2.24) is 10.2 Å². The lowest BCUT2D eigenvalue weighted by Crippen LogP contribution is -2.39. The lowest BCUT2D eigenvalue weighted by molar-refractivity contribution is -0.128. The highest BCUT2D eigenvalue weighted by Crippen LogP contribution is 2.20. The van der Waals surface area contributed by atoms with Crippen molar-refractivity contribution in [3.05, 3.63) is 23.7 Å². The molecule has 25 heavy (non-hydrogen) atoms. The summed E-state index contributed by atoms with van der Waals surface area (Å²) in [5.74, 6) is 5.44. The van der Waals surface area contributed by atoms with Crippen LogP contribution in [0.15, 0.2) is 16.5 Å². The predicted octanol–water partition coefficient (Wildman–Crippen LogP) is 1.78. The van der Waals surface area contributed by atoms with E-state index in [1.165, 1.54) is 6.07 Å². The monoisotopic (exact) mass is 346 g/mol. The van der Waals surface area contributed by atoms with Gasteiger partial charge in [0.05, 0.1) is 6.04 Å². The average Bonchev–Trinajstić information content (AvgIpc) is 3.02. The van der Waals surface area contributed by atoms with Gasteiger partial charge in [-0.3, -0.25) is 9.59 Å². The molecular formula is C19H26N2O4. The summed E-state index contributed by atoms with van der Waals surface area (Å²) in [5.41, 5.74) is -1.11. The maximum absolute atomic E-state index is 12.3. The topological polar surface area (TPSA) is 82.8 Å². The summed E-state index contributed by atoms with van der Waals surface area (Å²) >= 11 is 0. The van der Waals surface area contributed by atoms with Gasteiger partial charge in [0.25, 0.3) is 5.91 Å². The van der Waals surface area contributed by atoms with Gasteiger partial charge in [0.2, 0.25) is 5.91 Å². The summed E-state index contributed by atoms with van der Waals surface area (Å²) in [6.45, 7) is 10.5. The third-order valence-electron chi connectivity index (χ3n) is 3.54. The van der Waals surface area contributed by atoms with Crippen molar-refractivity contribution >= 4 is 11.8 Å². The van der Waals surface area contributed by atoms with Crippen molar-refractivity contribution < 1.29 is 19.1 Å². The van der Waals surface area contributed by atoms with E-state index < -0.39 is 5.60 Å². The Labute approximate surface area is 148 Å². The molecule has 0 bridgehead atoms. The summed E-state index contributed by atoms with van der Waals surface area (Å²) in [7, 11) is 0. The van der Waals surface area contributed by atoms with Crippen LogP contribution in [-0.4, -0.2) is 46.6 Å². The quantitative estimate of drug-likeness (QED) is 0.817. The largest absolute Gasteiger partial charge is 0.443 e. The number of nitrogens with zero attached hydrogens (tertiary/aromatic N) is 1. The second-order valence-corrected chi connectivity index (χ2v) is 8.18. The Bertz CT molecular complexity index is 710. The van der Waals surface area contributed by atoms with E-state index in [-0.39, 0.29) is 29.0 Å². The zero-order valence-electron chi connectivity index (χ0n) is 15.5. The Hall–Kier alpha value is -2.26. The van der Waals surface area contributed by atoms with Crippen LogP contribution in [0.5, 0.6) is 0 Å². The first kappa shape index (κ1) is 19.1. The maximum Gasteiger partial charge on any atom is 0.287 e. The van der Waals surface area contributed by atoms with Gasteiger partial charge in [0.1, 0.15) is 5.60 Å². The minimum atomic E-state index is -1.13. The molecule has 2 rings (SSSR count). The van der Waals surface area contributed by atoms with Crippen LogP contribution in [0, 0.1) is 17.3 Å². The first-order chi connectivity index (χ1) is 11.4. The zero-order valence-corrected chi connectivity index (χ0v) is 15.5. The number of nitrogens with one attached hydrogen (secondary N) is 1. The van der Waals surface area contributed by atoms with Crippen molar-refractivity contribution in [3.8, 4) is 11.8 Å². The van der Waals surface area contributed by atoms with Crippen molar-refractivity contribution in [2.75, 3.05) is 13.1 Å². The van der Waals surface area contributed by atoms with Crippen molar-refractivity contribution in [2.24, 2.45) is 5.41 Å². The van der Waals surface area contributed by atoms with Crippen LogP contribution < -0.4 is 5.32 Å². The number of carbonyl (C=O) groups excluding carboxylic acids is 2. The third-order valence-corrected chi connectivity index (χ3v) is 3.54. The highest BCUT2D eigenvalue weighted by Gasteiger charge is 2.33. The van der Waals surface area contributed by atoms with Crippen LogP contribution in [0.4, 0.5) is 0 Å². The third kappa shape index (κ3) is 5.95. The summed E-state index contributed by atoms with van der Waals surface area (Å²) in [5, 5.41) is 12.4. The van der Waals surface area contributed by atoms with Gasteiger partial charge >= 0.3 is 0 Å². The molecule has 0 radical (unpaired) electrons. The highest BCUT2D eigenvalue weighted by molar-refractivity contribution is 5.92. The molecule has 1 aromatic heterocycles. The van der Waals surface area contributed by atoms with Crippen LogP contribution in [0.1, 0.15) is 57.4 Å². The molecule has 2 N–H and O–H groups in total. The number of hydrogen-bond acceptors (Lipinski definition) is 4. The molecule has 0 aromatic carbocycles. The molecule has 6 heteroatoms. The van der Waals surface area contributed by atoms with E-state index in [2.05, 4.69) is 37.9 Å². The minimum Gasteiger partial charge on any atom is -0.443 e. The highest BCUT2D eigenvalue weighted by atomic mass is 16.3. The number of amides is 2. The second-order valence-electron chi connectivity index (χ2n) is 8.18. The van der Waals surface area contributed by atoms with Crippen LogP contribution >= 0.6 is 0 Å². The van der Waals surface area contributed by atoms with Crippen LogP contribution in [0.2, 0.25) is 0 Å². The summed E-state index contributed by atoms with van der Waals surface area (Å²) in [4.78, 5) is 26.1. The fraction of sp³-hybridized carbons (Fsp3) is 0.579. The molecule has 6 nitrogen and oxygen atoms in total. The molecule has 1 aromatic rings. The Morgan fingerprint density at radius 2 is 2.04 bits per heavy atom. The van der Waals surface area contributed by atoms with Gasteiger partial charge in [-0.15, -0.1) is 0 Å². The van der Waals surface area contributed by atoms with E-state index >= 15 is 0 Å². The second kappa shape index (κ2) is 6.93. The van der Waals surface area contributed by atoms with Gasteiger partial charge in [-0.05, 0) is 37.3 Å². The van der Waals surface area contributed by atoms with Crippen LogP contribution in [-0.2, 0) is 4.79 Å². The van der Waals surface area contributed by atoms with Crippen molar-refractivity contribution in [1.29, 1.82) is 0 Å². The summed E-state index contributed by atoms with van der Waals surface area (Å²) in [6.07, 6.45) is 0.299. The van der Waals surface area contributed by atoms with Crippen molar-refractivity contribution in [3.63, 3.8) is 0 Å². The molecule has 2 amide bonds. The average molecular weight is 346 g/mol. The molecule has 1 saturated heterocycles. The molecule has 1 aliphatic heterocycles. The molecular weight excluding hydrogens is 320 g/mol. The minimum absolute atomic E-state index is 0.0175. The molecule has 0 spiro atoms. The predicted molar refractivity (Wildman–Crippen MR) is 93.8 cm³/mol. The fourth-order valence-electron chi connectivity index (χ4n) is 2.59. The van der Waals surface area contributed by atoms with Gasteiger partial charge in [0, 0.05) is 19.5 Å². The molecule has 1 aliphatic rings. The SMILES string of the molecule is CC(C)(O)C#Cc1ccc(C(=O)N[C@H]2CC(=O)N(CC(C)(C)C)C2)o1. The lowest BCUT2D eigenvalue weighted by atomic mass is 9.96. The standard InChI is InChI=1S/C19H26N2O4/c1-18(2,3)12-21-11-13(10-16(21)22)20-17(23)15-7-6-14(25-15)8-9-19(4,5)24/h6-7,13,24H,10-12H2,1-5H3,(H,20,23)/t13-/m0/s1. The summed E-state index contributed by atoms with van der Waals surface area (Å²) in [6, 6.07) is 2.89. The van der Waals surface area contributed by atoms with Gasteiger partial charge in [-0.1, -0.05) is 26.7 Å². The van der Waals surface area contributed by atoms with E-state index in [0.717, 1.165) is 0 Å².